The van der Waals surface area contributed by atoms with Crippen LogP contribution in [0.25, 0.3) is 12.2 Å². The molecule has 0 aliphatic carbocycles. The van der Waals surface area contributed by atoms with Gasteiger partial charge in [-0.05, 0) is 41.8 Å². The summed E-state index contributed by atoms with van der Waals surface area (Å²) >= 11 is 1.58. The number of phenols is 1. The highest BCUT2D eigenvalue weighted by molar-refractivity contribution is 7.10. The van der Waals surface area contributed by atoms with Crippen molar-refractivity contribution in [3.05, 3.63) is 64.4 Å². The summed E-state index contributed by atoms with van der Waals surface area (Å²) in [4.78, 5) is 12.6. The van der Waals surface area contributed by atoms with Gasteiger partial charge in [-0.1, -0.05) is 24.3 Å². The fourth-order valence-corrected chi connectivity index (χ4v) is 2.02. The van der Waals surface area contributed by atoms with Gasteiger partial charge in [-0.25, -0.2) is 0 Å². The molecule has 1 aromatic carbocycles. The largest absolute Gasteiger partial charge is 0.507 e. The second kappa shape index (κ2) is 5.98. The quantitative estimate of drug-likeness (QED) is 0.846. The fourth-order valence-electron chi connectivity index (χ4n) is 1.41. The van der Waals surface area contributed by atoms with Gasteiger partial charge >= 0.3 is 0 Å². The van der Waals surface area contributed by atoms with Crippen LogP contribution in [-0.2, 0) is 4.79 Å². The Labute approximate surface area is 110 Å². The molecule has 0 aliphatic heterocycles. The van der Waals surface area contributed by atoms with Gasteiger partial charge in [0, 0.05) is 10.4 Å². The lowest BCUT2D eigenvalue weighted by Gasteiger charge is -1.95. The van der Waals surface area contributed by atoms with Crippen molar-refractivity contribution in [2.75, 3.05) is 0 Å². The lowest BCUT2D eigenvalue weighted by atomic mass is 10.1. The van der Waals surface area contributed by atoms with Gasteiger partial charge in [0.1, 0.15) is 5.75 Å². The standard InChI is InChI=1S/C15H12O2S/c16-13(9-10-14-5-3-11-18-14)8-7-12-4-1-2-6-15(12)17/h1-11,17H. The second-order valence-corrected chi connectivity index (χ2v) is 4.62. The highest BCUT2D eigenvalue weighted by atomic mass is 32.1. The maximum absolute atomic E-state index is 11.6. The van der Waals surface area contributed by atoms with Crippen LogP contribution in [0.4, 0.5) is 0 Å². The fraction of sp³-hybridized carbons (Fsp3) is 0. The smallest absolute Gasteiger partial charge is 0.178 e. The Hall–Kier alpha value is -2.13. The van der Waals surface area contributed by atoms with Gasteiger partial charge < -0.3 is 5.11 Å². The molecular weight excluding hydrogens is 244 g/mol. The number of hydrogen-bond donors (Lipinski definition) is 1. The monoisotopic (exact) mass is 256 g/mol. The van der Waals surface area contributed by atoms with E-state index in [1.165, 1.54) is 12.2 Å². The van der Waals surface area contributed by atoms with E-state index in [1.807, 2.05) is 23.6 Å². The number of aromatic hydroxyl groups is 1. The number of rotatable bonds is 4. The highest BCUT2D eigenvalue weighted by Crippen LogP contribution is 2.17. The number of ketones is 1. The van der Waals surface area contributed by atoms with Crippen LogP contribution in [0.15, 0.2) is 53.9 Å². The minimum atomic E-state index is -0.105. The first-order valence-electron chi connectivity index (χ1n) is 5.47. The first-order valence-corrected chi connectivity index (χ1v) is 6.35. The first kappa shape index (κ1) is 12.3. The van der Waals surface area contributed by atoms with E-state index in [9.17, 15) is 9.90 Å². The predicted molar refractivity (Wildman–Crippen MR) is 75.5 cm³/mol. The summed E-state index contributed by atoms with van der Waals surface area (Å²) in [5, 5.41) is 11.5. The molecular formula is C15H12O2S. The Morgan fingerprint density at radius 2 is 1.83 bits per heavy atom. The van der Waals surface area contributed by atoms with E-state index in [4.69, 9.17) is 0 Å². The number of carbonyl (C=O) groups excluding carboxylic acids is 1. The minimum Gasteiger partial charge on any atom is -0.507 e. The summed E-state index contributed by atoms with van der Waals surface area (Å²) in [5.74, 6) is 0.0652. The van der Waals surface area contributed by atoms with E-state index < -0.39 is 0 Å². The number of para-hydroxylation sites is 1. The Kier molecular flexibility index (Phi) is 4.10. The molecule has 0 unspecified atom stereocenters. The summed E-state index contributed by atoms with van der Waals surface area (Å²) in [7, 11) is 0. The number of thiophene rings is 1. The van der Waals surface area contributed by atoms with Gasteiger partial charge in [0.25, 0.3) is 0 Å². The Balaban J connectivity index is 2.02. The predicted octanol–water partition coefficient (Wildman–Crippen LogP) is 3.75. The SMILES string of the molecule is O=C(C=Cc1cccs1)C=Cc1ccccc1O. The molecule has 90 valence electrons. The zero-order valence-corrected chi connectivity index (χ0v) is 10.4. The van der Waals surface area contributed by atoms with Gasteiger partial charge in [0.15, 0.2) is 5.78 Å². The summed E-state index contributed by atoms with van der Waals surface area (Å²) in [6.07, 6.45) is 6.35. The van der Waals surface area contributed by atoms with Crippen molar-refractivity contribution < 1.29 is 9.90 Å². The van der Waals surface area contributed by atoms with E-state index in [1.54, 1.807) is 41.7 Å². The molecule has 2 aromatic rings. The molecule has 0 amide bonds. The molecule has 2 rings (SSSR count). The molecule has 0 radical (unpaired) electrons. The van der Waals surface area contributed by atoms with Crippen LogP contribution >= 0.6 is 11.3 Å². The van der Waals surface area contributed by atoms with Crippen LogP contribution in [0.3, 0.4) is 0 Å². The molecule has 0 saturated carbocycles. The molecule has 0 aliphatic rings. The number of carbonyl (C=O) groups is 1. The van der Waals surface area contributed by atoms with Crippen molar-refractivity contribution in [3.63, 3.8) is 0 Å². The third-order valence-corrected chi connectivity index (χ3v) is 3.16. The molecule has 1 aromatic heterocycles. The van der Waals surface area contributed by atoms with Crippen LogP contribution in [0.1, 0.15) is 10.4 Å². The van der Waals surface area contributed by atoms with E-state index in [-0.39, 0.29) is 11.5 Å². The molecule has 0 saturated heterocycles. The van der Waals surface area contributed by atoms with E-state index in [0.29, 0.717) is 5.56 Å². The topological polar surface area (TPSA) is 37.3 Å². The zero-order chi connectivity index (χ0) is 12.8. The molecule has 0 spiro atoms. The summed E-state index contributed by atoms with van der Waals surface area (Å²) in [6, 6.07) is 10.8. The van der Waals surface area contributed by atoms with Crippen molar-refractivity contribution in [3.8, 4) is 5.75 Å². The summed E-state index contributed by atoms with van der Waals surface area (Å²) < 4.78 is 0. The molecule has 0 atom stereocenters. The first-order chi connectivity index (χ1) is 8.75. The molecule has 3 heteroatoms. The number of phenolic OH excluding ortho intramolecular Hbond substituents is 1. The van der Waals surface area contributed by atoms with Crippen molar-refractivity contribution in [1.82, 2.24) is 0 Å². The average molecular weight is 256 g/mol. The van der Waals surface area contributed by atoms with Crippen molar-refractivity contribution in [2.24, 2.45) is 0 Å². The van der Waals surface area contributed by atoms with Crippen LogP contribution in [-0.4, -0.2) is 10.9 Å². The lowest BCUT2D eigenvalue weighted by molar-refractivity contribution is -0.110. The van der Waals surface area contributed by atoms with E-state index in [0.717, 1.165) is 4.88 Å². The zero-order valence-electron chi connectivity index (χ0n) is 9.61. The van der Waals surface area contributed by atoms with Crippen LogP contribution in [0, 0.1) is 0 Å². The molecule has 0 bridgehead atoms. The third kappa shape index (κ3) is 3.43. The Morgan fingerprint density at radius 1 is 1.06 bits per heavy atom. The molecule has 1 N–H and O–H groups in total. The maximum Gasteiger partial charge on any atom is 0.178 e. The second-order valence-electron chi connectivity index (χ2n) is 3.64. The number of allylic oxidation sites excluding steroid dienone is 2. The highest BCUT2D eigenvalue weighted by Gasteiger charge is 1.95. The van der Waals surface area contributed by atoms with Crippen molar-refractivity contribution in [1.29, 1.82) is 0 Å². The summed E-state index contributed by atoms with van der Waals surface area (Å²) in [5.41, 5.74) is 0.635. The van der Waals surface area contributed by atoms with Crippen LogP contribution in [0.5, 0.6) is 5.75 Å². The molecule has 2 nitrogen and oxygen atoms in total. The van der Waals surface area contributed by atoms with E-state index in [2.05, 4.69) is 0 Å². The molecule has 0 fully saturated rings. The average Bonchev–Trinajstić information content (AvgIpc) is 2.88. The van der Waals surface area contributed by atoms with E-state index >= 15 is 0 Å². The molecule has 18 heavy (non-hydrogen) atoms. The van der Waals surface area contributed by atoms with Crippen molar-refractivity contribution >= 4 is 29.3 Å². The number of hydrogen-bond acceptors (Lipinski definition) is 3. The summed E-state index contributed by atoms with van der Waals surface area (Å²) in [6.45, 7) is 0. The van der Waals surface area contributed by atoms with Gasteiger partial charge in [-0.15, -0.1) is 11.3 Å². The van der Waals surface area contributed by atoms with Gasteiger partial charge in [-0.3, -0.25) is 4.79 Å². The van der Waals surface area contributed by atoms with Gasteiger partial charge in [-0.2, -0.15) is 0 Å². The Morgan fingerprint density at radius 3 is 2.56 bits per heavy atom. The van der Waals surface area contributed by atoms with Crippen molar-refractivity contribution in [2.45, 2.75) is 0 Å². The van der Waals surface area contributed by atoms with Crippen LogP contribution in [0.2, 0.25) is 0 Å². The van der Waals surface area contributed by atoms with Gasteiger partial charge in [0.05, 0.1) is 0 Å². The Bertz CT molecular complexity index is 580. The maximum atomic E-state index is 11.6. The third-order valence-electron chi connectivity index (χ3n) is 2.32. The lowest BCUT2D eigenvalue weighted by Crippen LogP contribution is -1.84. The van der Waals surface area contributed by atoms with Crippen LogP contribution < -0.4 is 0 Å². The van der Waals surface area contributed by atoms with Gasteiger partial charge in [0.2, 0.25) is 0 Å². The normalized spacial score (nSPS) is 11.3. The minimum absolute atomic E-state index is 0.105. The number of benzene rings is 1. The molecule has 1 heterocycles.